The summed E-state index contributed by atoms with van der Waals surface area (Å²) in [4.78, 5) is 32.6. The molecule has 32 heavy (non-hydrogen) atoms. The van der Waals surface area contributed by atoms with Gasteiger partial charge in [0.25, 0.3) is 5.91 Å². The van der Waals surface area contributed by atoms with Crippen LogP contribution >= 0.6 is 0 Å². The summed E-state index contributed by atoms with van der Waals surface area (Å²) in [6.07, 6.45) is -0.171. The minimum absolute atomic E-state index is 0.188. The van der Waals surface area contributed by atoms with Crippen LogP contribution in [0.4, 0.5) is 0 Å². The van der Waals surface area contributed by atoms with Crippen molar-refractivity contribution in [2.45, 2.75) is 66.2 Å². The van der Waals surface area contributed by atoms with Crippen LogP contribution in [0.3, 0.4) is 0 Å². The average Bonchev–Trinajstić information content (AvgIpc) is 3.18. The van der Waals surface area contributed by atoms with Crippen LogP contribution in [0.25, 0.3) is 0 Å². The second-order valence-electron chi connectivity index (χ2n) is 9.61. The van der Waals surface area contributed by atoms with E-state index in [1.165, 1.54) is 5.01 Å². The van der Waals surface area contributed by atoms with Gasteiger partial charge in [0.15, 0.2) is 0 Å². The van der Waals surface area contributed by atoms with Crippen molar-refractivity contribution >= 4 is 17.5 Å². The van der Waals surface area contributed by atoms with E-state index in [0.717, 1.165) is 27.8 Å². The average molecular weight is 434 g/mol. The SMILES string of the molecule is Cc1cc(C)c(C2=NO[C@@H](C)[C@@H]2C(=O)N2C(=O)CC(C)(C)N2Cc2ccccc2)c(C)c1. The van der Waals surface area contributed by atoms with Gasteiger partial charge < -0.3 is 4.84 Å². The molecular weight excluding hydrogens is 402 g/mol. The van der Waals surface area contributed by atoms with Crippen LogP contribution in [-0.4, -0.2) is 39.2 Å². The Bertz CT molecular complexity index is 1070. The zero-order valence-electron chi connectivity index (χ0n) is 19.7. The molecule has 2 aromatic rings. The van der Waals surface area contributed by atoms with E-state index in [1.807, 2.05) is 70.0 Å². The Kier molecular flexibility index (Phi) is 5.67. The van der Waals surface area contributed by atoms with Gasteiger partial charge in [-0.3, -0.25) is 9.59 Å². The van der Waals surface area contributed by atoms with Gasteiger partial charge in [-0.25, -0.2) is 10.0 Å². The highest BCUT2D eigenvalue weighted by molar-refractivity contribution is 6.17. The number of carbonyl (C=O) groups is 2. The second-order valence-corrected chi connectivity index (χ2v) is 9.61. The molecule has 2 amide bonds. The van der Waals surface area contributed by atoms with Gasteiger partial charge in [0.05, 0.1) is 0 Å². The number of rotatable bonds is 4. The summed E-state index contributed by atoms with van der Waals surface area (Å²) in [7, 11) is 0. The molecule has 6 nitrogen and oxygen atoms in total. The highest BCUT2D eigenvalue weighted by Gasteiger charge is 2.51. The Hall–Kier alpha value is -2.99. The van der Waals surface area contributed by atoms with Crippen molar-refractivity contribution in [2.75, 3.05) is 0 Å². The van der Waals surface area contributed by atoms with Crippen LogP contribution in [0.5, 0.6) is 0 Å². The van der Waals surface area contributed by atoms with Crippen molar-refractivity contribution < 1.29 is 14.4 Å². The van der Waals surface area contributed by atoms with E-state index in [2.05, 4.69) is 24.2 Å². The predicted octanol–water partition coefficient (Wildman–Crippen LogP) is 4.31. The van der Waals surface area contributed by atoms with E-state index >= 15 is 0 Å². The molecule has 4 rings (SSSR count). The van der Waals surface area contributed by atoms with Gasteiger partial charge in [0, 0.05) is 24.1 Å². The highest BCUT2D eigenvalue weighted by atomic mass is 16.6. The Labute approximate surface area is 189 Å². The molecule has 2 atom stereocenters. The Morgan fingerprint density at radius 1 is 1.12 bits per heavy atom. The summed E-state index contributed by atoms with van der Waals surface area (Å²) in [5, 5.41) is 7.56. The number of hydrogen-bond acceptors (Lipinski definition) is 5. The fourth-order valence-corrected chi connectivity index (χ4v) is 4.94. The normalized spacial score (nSPS) is 22.8. The predicted molar refractivity (Wildman–Crippen MR) is 124 cm³/mol. The van der Waals surface area contributed by atoms with Gasteiger partial charge >= 0.3 is 0 Å². The van der Waals surface area contributed by atoms with Gasteiger partial charge in [0.2, 0.25) is 5.91 Å². The number of imide groups is 1. The number of carbonyl (C=O) groups excluding carboxylic acids is 2. The minimum Gasteiger partial charge on any atom is -0.391 e. The molecule has 0 aromatic heterocycles. The molecule has 2 heterocycles. The van der Waals surface area contributed by atoms with Gasteiger partial charge in [-0.2, -0.15) is 0 Å². The molecule has 1 saturated heterocycles. The minimum atomic E-state index is -0.647. The molecule has 2 aromatic carbocycles. The number of benzene rings is 2. The zero-order chi connectivity index (χ0) is 23.2. The molecule has 0 spiro atoms. The largest absolute Gasteiger partial charge is 0.391 e. The number of hydrogen-bond donors (Lipinski definition) is 0. The summed E-state index contributed by atoms with van der Waals surface area (Å²) >= 11 is 0. The van der Waals surface area contributed by atoms with Crippen LogP contribution < -0.4 is 0 Å². The number of nitrogens with zero attached hydrogens (tertiary/aromatic N) is 3. The lowest BCUT2D eigenvalue weighted by Crippen LogP contribution is -2.53. The molecule has 2 aliphatic heterocycles. The molecule has 6 heteroatoms. The van der Waals surface area contributed by atoms with E-state index in [4.69, 9.17) is 4.84 Å². The quantitative estimate of drug-likeness (QED) is 0.675. The molecular formula is C26H31N3O3. The first-order chi connectivity index (χ1) is 15.1. The fourth-order valence-electron chi connectivity index (χ4n) is 4.94. The third-order valence-corrected chi connectivity index (χ3v) is 6.42. The molecule has 0 N–H and O–H groups in total. The van der Waals surface area contributed by atoms with Crippen molar-refractivity contribution in [3.63, 3.8) is 0 Å². The van der Waals surface area contributed by atoms with Crippen molar-refractivity contribution in [1.29, 1.82) is 0 Å². The third kappa shape index (κ3) is 3.84. The van der Waals surface area contributed by atoms with E-state index in [-0.39, 0.29) is 18.2 Å². The fraction of sp³-hybridized carbons (Fsp3) is 0.423. The van der Waals surface area contributed by atoms with Crippen molar-refractivity contribution in [1.82, 2.24) is 10.0 Å². The van der Waals surface area contributed by atoms with Crippen LogP contribution in [0.1, 0.15) is 55.0 Å². The van der Waals surface area contributed by atoms with E-state index < -0.39 is 17.6 Å². The lowest BCUT2D eigenvalue weighted by molar-refractivity contribution is -0.164. The van der Waals surface area contributed by atoms with Crippen LogP contribution in [-0.2, 0) is 21.0 Å². The Morgan fingerprint density at radius 2 is 1.75 bits per heavy atom. The Morgan fingerprint density at radius 3 is 2.38 bits per heavy atom. The van der Waals surface area contributed by atoms with E-state index in [1.54, 1.807) is 0 Å². The molecule has 168 valence electrons. The van der Waals surface area contributed by atoms with E-state index in [9.17, 15) is 9.59 Å². The van der Waals surface area contributed by atoms with Gasteiger partial charge in [0.1, 0.15) is 17.7 Å². The number of hydrazine groups is 1. The molecule has 1 fully saturated rings. The van der Waals surface area contributed by atoms with Crippen LogP contribution in [0.2, 0.25) is 0 Å². The zero-order valence-corrected chi connectivity index (χ0v) is 19.7. The maximum absolute atomic E-state index is 13.9. The first-order valence-corrected chi connectivity index (χ1v) is 11.1. The first-order valence-electron chi connectivity index (χ1n) is 11.1. The highest BCUT2D eigenvalue weighted by Crippen LogP contribution is 2.36. The maximum Gasteiger partial charge on any atom is 0.257 e. The Balaban J connectivity index is 1.71. The van der Waals surface area contributed by atoms with Gasteiger partial charge in [-0.05, 0) is 58.2 Å². The van der Waals surface area contributed by atoms with Crippen molar-refractivity contribution in [2.24, 2.45) is 11.1 Å². The van der Waals surface area contributed by atoms with Crippen LogP contribution in [0, 0.1) is 26.7 Å². The second kappa shape index (κ2) is 8.17. The lowest BCUT2D eigenvalue weighted by atomic mass is 9.86. The van der Waals surface area contributed by atoms with Gasteiger partial charge in [-0.1, -0.05) is 53.2 Å². The number of amides is 2. The molecule has 0 unspecified atom stereocenters. The summed E-state index contributed by atoms with van der Waals surface area (Å²) < 4.78 is 0. The third-order valence-electron chi connectivity index (χ3n) is 6.42. The molecule has 0 saturated carbocycles. The topological polar surface area (TPSA) is 62.2 Å². The summed E-state index contributed by atoms with van der Waals surface area (Å²) in [5.74, 6) is -1.11. The summed E-state index contributed by atoms with van der Waals surface area (Å²) in [6.45, 7) is 12.4. The van der Waals surface area contributed by atoms with Gasteiger partial charge in [-0.15, -0.1) is 0 Å². The van der Waals surface area contributed by atoms with Crippen molar-refractivity contribution in [3.05, 3.63) is 70.3 Å². The summed E-state index contributed by atoms with van der Waals surface area (Å²) in [5.41, 5.74) is 5.36. The molecule has 0 bridgehead atoms. The van der Waals surface area contributed by atoms with Crippen LogP contribution in [0.15, 0.2) is 47.6 Å². The van der Waals surface area contributed by atoms with Crippen molar-refractivity contribution in [3.8, 4) is 0 Å². The molecule has 2 aliphatic rings. The lowest BCUT2D eigenvalue weighted by Gasteiger charge is -2.36. The number of oxime groups is 1. The molecule has 0 radical (unpaired) electrons. The first kappa shape index (κ1) is 22.2. The van der Waals surface area contributed by atoms with E-state index in [0.29, 0.717) is 12.3 Å². The smallest absolute Gasteiger partial charge is 0.257 e. The molecule has 0 aliphatic carbocycles. The standard InChI is InChI=1S/C26H31N3O3/c1-16-12-17(2)22(18(3)13-16)24-23(19(4)32-27-24)25(31)29-21(30)14-26(5,6)28(29)15-20-10-8-7-9-11-20/h7-13,19,23H,14-15H2,1-6H3/t19-,23-/m0/s1. The maximum atomic E-state index is 13.9. The summed E-state index contributed by atoms with van der Waals surface area (Å²) in [6, 6.07) is 14.1. The number of aryl methyl sites for hydroxylation is 3. The monoisotopic (exact) mass is 433 g/mol.